The summed E-state index contributed by atoms with van der Waals surface area (Å²) in [7, 11) is 0. The fourth-order valence-electron chi connectivity index (χ4n) is 0.693. The van der Waals surface area contributed by atoms with E-state index in [-0.39, 0.29) is 12.8 Å². The molecule has 12 heavy (non-hydrogen) atoms. The van der Waals surface area contributed by atoms with Gasteiger partial charge in [-0.05, 0) is 0 Å². The van der Waals surface area contributed by atoms with Crippen LogP contribution < -0.4 is 0 Å². The van der Waals surface area contributed by atoms with Gasteiger partial charge in [0.15, 0.2) is 0 Å². The number of hydrogen-bond donors (Lipinski definition) is 0. The summed E-state index contributed by atoms with van der Waals surface area (Å²) in [6.45, 7) is 2.90. The minimum atomic E-state index is -0.688. The summed E-state index contributed by atoms with van der Waals surface area (Å²) in [5.41, 5.74) is 0. The molecule has 0 bridgehead atoms. The van der Waals surface area contributed by atoms with Crippen molar-refractivity contribution >= 4 is 0 Å². The van der Waals surface area contributed by atoms with Crippen molar-refractivity contribution in [1.29, 1.82) is 0 Å². The molecule has 0 aromatic carbocycles. The highest BCUT2D eigenvalue weighted by atomic mass is 16.6. The molecule has 70 valence electrons. The number of hydrogen-bond acceptors (Lipinski definition) is 4. The lowest BCUT2D eigenvalue weighted by molar-refractivity contribution is -0.533. The van der Waals surface area contributed by atoms with E-state index in [1.807, 2.05) is 0 Å². The molecule has 0 aromatic heterocycles. The van der Waals surface area contributed by atoms with Crippen LogP contribution in [0.15, 0.2) is 0 Å². The molecule has 0 spiro atoms. The monoisotopic (exact) mass is 176 g/mol. The second-order valence-corrected chi connectivity index (χ2v) is 2.85. The minimum Gasteiger partial charge on any atom is -0.264 e. The van der Waals surface area contributed by atoms with Gasteiger partial charge in [-0.2, -0.15) is 0 Å². The van der Waals surface area contributed by atoms with Crippen molar-refractivity contribution in [3.05, 3.63) is 20.2 Å². The van der Waals surface area contributed by atoms with Crippen molar-refractivity contribution in [2.45, 2.75) is 38.8 Å². The van der Waals surface area contributed by atoms with Gasteiger partial charge in [0.05, 0.1) is 0 Å². The Labute approximate surface area is 69.9 Å². The lowest BCUT2D eigenvalue weighted by Crippen LogP contribution is -2.21. The van der Waals surface area contributed by atoms with Crippen LogP contribution in [0.3, 0.4) is 0 Å². The van der Waals surface area contributed by atoms with Gasteiger partial charge in [0.25, 0.3) is 0 Å². The van der Waals surface area contributed by atoms with Crippen molar-refractivity contribution in [2.24, 2.45) is 0 Å². The predicted molar refractivity (Wildman–Crippen MR) is 42.1 cm³/mol. The second kappa shape index (κ2) is 4.63. The van der Waals surface area contributed by atoms with Crippen LogP contribution in [0.1, 0.15) is 26.7 Å². The largest absolute Gasteiger partial charge is 0.264 e. The fourth-order valence-corrected chi connectivity index (χ4v) is 0.693. The molecule has 2 atom stereocenters. The van der Waals surface area contributed by atoms with Crippen LogP contribution in [0.4, 0.5) is 0 Å². The minimum absolute atomic E-state index is 0.259. The zero-order valence-electron chi connectivity index (χ0n) is 7.10. The summed E-state index contributed by atoms with van der Waals surface area (Å²) in [5, 5.41) is 20.2. The maximum Gasteiger partial charge on any atom is 0.210 e. The smallest absolute Gasteiger partial charge is 0.210 e. The Kier molecular flexibility index (Phi) is 4.17. The average Bonchev–Trinajstić information content (AvgIpc) is 1.98. The van der Waals surface area contributed by atoms with Crippen LogP contribution >= 0.6 is 0 Å². The molecular formula is C6H12N2O4. The fraction of sp³-hybridized carbons (Fsp3) is 1.00. The Bertz CT molecular complexity index is 162. The van der Waals surface area contributed by atoms with E-state index in [1.54, 1.807) is 0 Å². The second-order valence-electron chi connectivity index (χ2n) is 2.85. The van der Waals surface area contributed by atoms with E-state index in [2.05, 4.69) is 0 Å². The summed E-state index contributed by atoms with van der Waals surface area (Å²) in [4.78, 5) is 19.4. The van der Waals surface area contributed by atoms with E-state index in [4.69, 9.17) is 0 Å². The Morgan fingerprint density at radius 2 is 1.25 bits per heavy atom. The van der Waals surface area contributed by atoms with Gasteiger partial charge in [-0.3, -0.25) is 20.2 Å². The van der Waals surface area contributed by atoms with Gasteiger partial charge in [0.2, 0.25) is 12.1 Å². The van der Waals surface area contributed by atoms with Crippen molar-refractivity contribution in [2.75, 3.05) is 0 Å². The normalized spacial score (nSPS) is 15.2. The molecule has 0 saturated heterocycles. The van der Waals surface area contributed by atoms with Crippen molar-refractivity contribution in [3.8, 4) is 0 Å². The molecule has 0 aliphatic carbocycles. The summed E-state index contributed by atoms with van der Waals surface area (Å²) < 4.78 is 0. The van der Waals surface area contributed by atoms with Crippen molar-refractivity contribution in [3.63, 3.8) is 0 Å². The third kappa shape index (κ3) is 3.85. The van der Waals surface area contributed by atoms with Crippen molar-refractivity contribution in [1.82, 2.24) is 0 Å². The quantitative estimate of drug-likeness (QED) is 0.463. The molecule has 0 rings (SSSR count). The van der Waals surface area contributed by atoms with Crippen LogP contribution in [0.2, 0.25) is 0 Å². The van der Waals surface area contributed by atoms with E-state index in [1.165, 1.54) is 13.8 Å². The van der Waals surface area contributed by atoms with Crippen LogP contribution in [-0.2, 0) is 0 Å². The Morgan fingerprint density at radius 3 is 1.42 bits per heavy atom. The first-order chi connectivity index (χ1) is 5.45. The molecular weight excluding hydrogens is 164 g/mol. The van der Waals surface area contributed by atoms with Gasteiger partial charge in [-0.15, -0.1) is 0 Å². The molecule has 6 heteroatoms. The third-order valence-corrected chi connectivity index (χ3v) is 1.72. The van der Waals surface area contributed by atoms with Crippen LogP contribution in [0.5, 0.6) is 0 Å². The summed E-state index contributed by atoms with van der Waals surface area (Å²) in [5.74, 6) is 0. The lowest BCUT2D eigenvalue weighted by Gasteiger charge is -2.04. The van der Waals surface area contributed by atoms with Crippen molar-refractivity contribution < 1.29 is 9.85 Å². The van der Waals surface area contributed by atoms with Gasteiger partial charge in [-0.1, -0.05) is 0 Å². The predicted octanol–water partition coefficient (Wildman–Crippen LogP) is 1.10. The summed E-state index contributed by atoms with van der Waals surface area (Å²) in [6, 6.07) is -1.38. The number of rotatable bonds is 5. The van der Waals surface area contributed by atoms with Gasteiger partial charge >= 0.3 is 0 Å². The first-order valence-corrected chi connectivity index (χ1v) is 3.72. The zero-order valence-corrected chi connectivity index (χ0v) is 7.10. The number of nitro groups is 2. The Morgan fingerprint density at radius 1 is 1.00 bits per heavy atom. The molecule has 0 saturated carbocycles. The third-order valence-electron chi connectivity index (χ3n) is 1.72. The van der Waals surface area contributed by atoms with E-state index < -0.39 is 21.9 Å². The molecule has 0 aromatic rings. The van der Waals surface area contributed by atoms with Crippen LogP contribution in [0.25, 0.3) is 0 Å². The molecule has 2 unspecified atom stereocenters. The molecule has 0 aliphatic heterocycles. The maximum absolute atomic E-state index is 10.1. The standard InChI is InChI=1S/C6H12N2O4/c1-5(7(9)10)3-4-6(2)8(11)12/h5-6H,3-4H2,1-2H3. The first-order valence-electron chi connectivity index (χ1n) is 3.72. The maximum atomic E-state index is 10.1. The molecule has 0 radical (unpaired) electrons. The highest BCUT2D eigenvalue weighted by Gasteiger charge is 2.19. The van der Waals surface area contributed by atoms with Gasteiger partial charge in [-0.25, -0.2) is 0 Å². The summed E-state index contributed by atoms with van der Waals surface area (Å²) >= 11 is 0. The molecule has 0 N–H and O–H groups in total. The van der Waals surface area contributed by atoms with Crippen LogP contribution in [-0.4, -0.2) is 21.9 Å². The summed E-state index contributed by atoms with van der Waals surface area (Å²) in [6.07, 6.45) is 0.518. The lowest BCUT2D eigenvalue weighted by atomic mass is 10.1. The Hall–Kier alpha value is -1.20. The SMILES string of the molecule is CC(CCC(C)[N+](=O)[O-])[N+](=O)[O-]. The van der Waals surface area contributed by atoms with E-state index in [9.17, 15) is 20.2 Å². The topological polar surface area (TPSA) is 86.3 Å². The highest BCUT2D eigenvalue weighted by molar-refractivity contribution is 4.54. The average molecular weight is 176 g/mol. The molecule has 0 amide bonds. The van der Waals surface area contributed by atoms with E-state index in [0.717, 1.165) is 0 Å². The highest BCUT2D eigenvalue weighted by Crippen LogP contribution is 2.05. The zero-order chi connectivity index (χ0) is 9.72. The first kappa shape index (κ1) is 10.8. The Balaban J connectivity index is 3.68. The molecule has 6 nitrogen and oxygen atoms in total. The van der Waals surface area contributed by atoms with Gasteiger partial charge < -0.3 is 0 Å². The van der Waals surface area contributed by atoms with Gasteiger partial charge in [0.1, 0.15) is 0 Å². The van der Waals surface area contributed by atoms with Crippen LogP contribution in [0, 0.1) is 20.2 Å². The molecule has 0 fully saturated rings. The van der Waals surface area contributed by atoms with E-state index >= 15 is 0 Å². The molecule has 0 aliphatic rings. The number of nitrogens with zero attached hydrogens (tertiary/aromatic N) is 2. The van der Waals surface area contributed by atoms with Gasteiger partial charge in [0, 0.05) is 36.5 Å². The van der Waals surface area contributed by atoms with E-state index in [0.29, 0.717) is 0 Å². The molecule has 0 heterocycles.